The molecule has 1 aromatic rings. The van der Waals surface area contributed by atoms with E-state index in [-0.39, 0.29) is 0 Å². The summed E-state index contributed by atoms with van der Waals surface area (Å²) in [6, 6.07) is 4.87. The average Bonchev–Trinajstić information content (AvgIpc) is 2.32. The molecule has 3 atom stereocenters. The van der Waals surface area contributed by atoms with Crippen molar-refractivity contribution >= 4 is 0 Å². The van der Waals surface area contributed by atoms with Crippen LogP contribution in [0.2, 0.25) is 0 Å². The first kappa shape index (κ1) is 11.6. The first-order chi connectivity index (χ1) is 7.75. The molecular formula is C14H22N2. The van der Waals surface area contributed by atoms with Gasteiger partial charge < -0.3 is 5.32 Å². The molecule has 1 saturated carbocycles. The van der Waals surface area contributed by atoms with Gasteiger partial charge in [0.15, 0.2) is 0 Å². The lowest BCUT2D eigenvalue weighted by Gasteiger charge is -2.33. The van der Waals surface area contributed by atoms with E-state index < -0.39 is 0 Å². The Morgan fingerprint density at radius 2 is 2.00 bits per heavy atom. The fourth-order valence-corrected chi connectivity index (χ4v) is 2.57. The van der Waals surface area contributed by atoms with E-state index >= 15 is 0 Å². The minimum absolute atomic E-state index is 0.692. The van der Waals surface area contributed by atoms with Gasteiger partial charge in [0.05, 0.1) is 0 Å². The summed E-state index contributed by atoms with van der Waals surface area (Å²) in [6.45, 7) is 5.72. The zero-order valence-electron chi connectivity index (χ0n) is 10.3. The van der Waals surface area contributed by atoms with E-state index in [1.807, 2.05) is 12.4 Å². The van der Waals surface area contributed by atoms with E-state index in [0.29, 0.717) is 6.04 Å². The maximum atomic E-state index is 4.04. The van der Waals surface area contributed by atoms with Gasteiger partial charge >= 0.3 is 0 Å². The van der Waals surface area contributed by atoms with Gasteiger partial charge in [0, 0.05) is 25.0 Å². The van der Waals surface area contributed by atoms with Crippen molar-refractivity contribution in [3.63, 3.8) is 0 Å². The Labute approximate surface area is 98.5 Å². The van der Waals surface area contributed by atoms with Gasteiger partial charge in [-0.25, -0.2) is 0 Å². The standard InChI is InChI=1S/C14H22N2/c1-11-3-4-12(2)14(9-11)16-10-13-5-7-15-8-6-13/h5-8,11-12,14,16H,3-4,9-10H2,1-2H3. The molecule has 0 saturated heterocycles. The molecule has 0 radical (unpaired) electrons. The van der Waals surface area contributed by atoms with Crippen molar-refractivity contribution in [2.24, 2.45) is 11.8 Å². The molecule has 3 unspecified atom stereocenters. The molecule has 1 aliphatic rings. The minimum atomic E-state index is 0.692. The van der Waals surface area contributed by atoms with Gasteiger partial charge in [-0.1, -0.05) is 20.3 Å². The van der Waals surface area contributed by atoms with Crippen molar-refractivity contribution in [1.29, 1.82) is 0 Å². The normalized spacial score (nSPS) is 30.2. The molecule has 0 spiro atoms. The zero-order chi connectivity index (χ0) is 11.4. The maximum Gasteiger partial charge on any atom is 0.0271 e. The lowest BCUT2D eigenvalue weighted by Crippen LogP contribution is -2.39. The first-order valence-corrected chi connectivity index (χ1v) is 6.38. The predicted octanol–water partition coefficient (Wildman–Crippen LogP) is 3.00. The lowest BCUT2D eigenvalue weighted by molar-refractivity contribution is 0.227. The number of hydrogen-bond acceptors (Lipinski definition) is 2. The van der Waals surface area contributed by atoms with Crippen LogP contribution in [-0.2, 0) is 6.54 Å². The molecule has 2 rings (SSSR count). The van der Waals surface area contributed by atoms with Crippen molar-refractivity contribution < 1.29 is 0 Å². The quantitative estimate of drug-likeness (QED) is 0.843. The van der Waals surface area contributed by atoms with Gasteiger partial charge in [-0.3, -0.25) is 4.98 Å². The fourth-order valence-electron chi connectivity index (χ4n) is 2.57. The molecule has 1 fully saturated rings. The topological polar surface area (TPSA) is 24.9 Å². The van der Waals surface area contributed by atoms with E-state index in [1.165, 1.54) is 24.8 Å². The van der Waals surface area contributed by atoms with Crippen LogP contribution < -0.4 is 5.32 Å². The number of pyridine rings is 1. The Hall–Kier alpha value is -0.890. The van der Waals surface area contributed by atoms with Crippen molar-refractivity contribution in [2.75, 3.05) is 0 Å². The smallest absolute Gasteiger partial charge is 0.0271 e. The van der Waals surface area contributed by atoms with Gasteiger partial charge in [-0.15, -0.1) is 0 Å². The van der Waals surface area contributed by atoms with Crippen LogP contribution in [0, 0.1) is 11.8 Å². The highest BCUT2D eigenvalue weighted by molar-refractivity contribution is 5.09. The molecule has 0 aliphatic heterocycles. The molecule has 1 N–H and O–H groups in total. The molecule has 0 bridgehead atoms. The number of nitrogens with zero attached hydrogens (tertiary/aromatic N) is 1. The monoisotopic (exact) mass is 218 g/mol. The van der Waals surface area contributed by atoms with Crippen LogP contribution in [0.5, 0.6) is 0 Å². The number of hydrogen-bond donors (Lipinski definition) is 1. The molecule has 2 nitrogen and oxygen atoms in total. The fraction of sp³-hybridized carbons (Fsp3) is 0.643. The summed E-state index contributed by atoms with van der Waals surface area (Å²) in [5.74, 6) is 1.70. The SMILES string of the molecule is CC1CCC(C)C(NCc2ccncc2)C1. The lowest BCUT2D eigenvalue weighted by atomic mass is 9.80. The van der Waals surface area contributed by atoms with Crippen LogP contribution >= 0.6 is 0 Å². The second kappa shape index (κ2) is 5.44. The Morgan fingerprint density at radius 1 is 1.25 bits per heavy atom. The zero-order valence-corrected chi connectivity index (χ0v) is 10.3. The molecule has 0 aromatic carbocycles. The van der Waals surface area contributed by atoms with E-state index in [4.69, 9.17) is 0 Å². The summed E-state index contributed by atoms with van der Waals surface area (Å²) in [4.78, 5) is 4.04. The van der Waals surface area contributed by atoms with Crippen molar-refractivity contribution in [3.05, 3.63) is 30.1 Å². The van der Waals surface area contributed by atoms with Crippen LogP contribution in [0.1, 0.15) is 38.7 Å². The van der Waals surface area contributed by atoms with Crippen LogP contribution in [-0.4, -0.2) is 11.0 Å². The molecule has 1 aromatic heterocycles. The van der Waals surface area contributed by atoms with Gasteiger partial charge in [-0.2, -0.15) is 0 Å². The minimum Gasteiger partial charge on any atom is -0.310 e. The summed E-state index contributed by atoms with van der Waals surface area (Å²) in [7, 11) is 0. The summed E-state index contributed by atoms with van der Waals surface area (Å²) >= 11 is 0. The Morgan fingerprint density at radius 3 is 2.75 bits per heavy atom. The van der Waals surface area contributed by atoms with Crippen LogP contribution in [0.4, 0.5) is 0 Å². The molecule has 16 heavy (non-hydrogen) atoms. The second-order valence-electron chi connectivity index (χ2n) is 5.24. The highest BCUT2D eigenvalue weighted by Crippen LogP contribution is 2.28. The Bertz CT molecular complexity index is 310. The third-order valence-electron chi connectivity index (χ3n) is 3.78. The van der Waals surface area contributed by atoms with Crippen molar-refractivity contribution in [1.82, 2.24) is 10.3 Å². The van der Waals surface area contributed by atoms with Crippen LogP contribution in [0.25, 0.3) is 0 Å². The van der Waals surface area contributed by atoms with Gasteiger partial charge in [0.25, 0.3) is 0 Å². The maximum absolute atomic E-state index is 4.04. The number of aromatic nitrogens is 1. The largest absolute Gasteiger partial charge is 0.310 e. The molecule has 2 heteroatoms. The van der Waals surface area contributed by atoms with Crippen LogP contribution in [0.3, 0.4) is 0 Å². The second-order valence-corrected chi connectivity index (χ2v) is 5.24. The number of rotatable bonds is 3. The molecule has 1 aliphatic carbocycles. The Kier molecular flexibility index (Phi) is 3.94. The van der Waals surface area contributed by atoms with Crippen molar-refractivity contribution in [2.45, 2.75) is 45.7 Å². The average molecular weight is 218 g/mol. The van der Waals surface area contributed by atoms with Gasteiger partial charge in [0.2, 0.25) is 0 Å². The van der Waals surface area contributed by atoms with Gasteiger partial charge in [0.1, 0.15) is 0 Å². The summed E-state index contributed by atoms with van der Waals surface area (Å²) in [6.07, 6.45) is 7.82. The predicted molar refractivity (Wildman–Crippen MR) is 67.0 cm³/mol. The Balaban J connectivity index is 1.85. The van der Waals surface area contributed by atoms with E-state index in [1.54, 1.807) is 0 Å². The molecular weight excluding hydrogens is 196 g/mol. The molecule has 0 amide bonds. The van der Waals surface area contributed by atoms with Gasteiger partial charge in [-0.05, 0) is 42.4 Å². The first-order valence-electron chi connectivity index (χ1n) is 6.38. The third-order valence-corrected chi connectivity index (χ3v) is 3.78. The molecule has 1 heterocycles. The highest BCUT2D eigenvalue weighted by atomic mass is 14.9. The number of nitrogens with one attached hydrogen (secondary N) is 1. The highest BCUT2D eigenvalue weighted by Gasteiger charge is 2.24. The summed E-state index contributed by atoms with van der Waals surface area (Å²) < 4.78 is 0. The van der Waals surface area contributed by atoms with E-state index in [0.717, 1.165) is 18.4 Å². The summed E-state index contributed by atoms with van der Waals surface area (Å²) in [5.41, 5.74) is 1.33. The van der Waals surface area contributed by atoms with Crippen molar-refractivity contribution in [3.8, 4) is 0 Å². The third kappa shape index (κ3) is 3.05. The summed E-state index contributed by atoms with van der Waals surface area (Å²) in [5, 5.41) is 3.69. The molecule has 88 valence electrons. The van der Waals surface area contributed by atoms with E-state index in [2.05, 4.69) is 36.3 Å². The van der Waals surface area contributed by atoms with E-state index in [9.17, 15) is 0 Å². The van der Waals surface area contributed by atoms with Crippen LogP contribution in [0.15, 0.2) is 24.5 Å².